The molecule has 0 radical (unpaired) electrons. The van der Waals surface area contributed by atoms with Gasteiger partial charge in [0.05, 0.1) is 11.1 Å². The molecule has 0 spiro atoms. The number of halogens is 1. The van der Waals surface area contributed by atoms with Gasteiger partial charge in [-0.1, -0.05) is 29.8 Å². The van der Waals surface area contributed by atoms with Crippen LogP contribution in [0.2, 0.25) is 5.02 Å². The Balaban J connectivity index is 2.52. The fraction of sp³-hybridized carbons (Fsp3) is 0.231. The number of nitriles is 1. The van der Waals surface area contributed by atoms with Crippen molar-refractivity contribution in [2.75, 3.05) is 0 Å². The Morgan fingerprint density at radius 3 is 2.78 bits per heavy atom. The number of rotatable bonds is 2. The molecule has 0 saturated heterocycles. The summed E-state index contributed by atoms with van der Waals surface area (Å²) < 4.78 is 1.73. The van der Waals surface area contributed by atoms with Crippen molar-refractivity contribution in [3.8, 4) is 6.07 Å². The molecule has 1 aromatic heterocycles. The van der Waals surface area contributed by atoms with Crippen LogP contribution in [-0.4, -0.2) is 16.5 Å². The molecule has 2 rings (SSSR count). The molecule has 1 amide bonds. The Kier molecular flexibility index (Phi) is 3.26. The Hall–Kier alpha value is -1.99. The Labute approximate surface area is 110 Å². The average Bonchev–Trinajstić information content (AvgIpc) is 2.62. The van der Waals surface area contributed by atoms with E-state index in [0.717, 1.165) is 10.9 Å². The smallest absolute Gasteiger partial charge is 0.270 e. The van der Waals surface area contributed by atoms with Gasteiger partial charge in [0.2, 0.25) is 0 Å². The van der Waals surface area contributed by atoms with E-state index in [1.807, 2.05) is 30.3 Å². The van der Waals surface area contributed by atoms with E-state index in [4.69, 9.17) is 16.9 Å². The van der Waals surface area contributed by atoms with Gasteiger partial charge in [0.15, 0.2) is 0 Å². The summed E-state index contributed by atoms with van der Waals surface area (Å²) >= 11 is 6.22. The first-order chi connectivity index (χ1) is 8.56. The van der Waals surface area contributed by atoms with Gasteiger partial charge in [-0.3, -0.25) is 4.79 Å². The zero-order chi connectivity index (χ0) is 13.3. The van der Waals surface area contributed by atoms with Crippen LogP contribution >= 0.6 is 11.6 Å². The van der Waals surface area contributed by atoms with Crippen molar-refractivity contribution < 1.29 is 4.79 Å². The molecule has 0 fully saturated rings. The van der Waals surface area contributed by atoms with Gasteiger partial charge in [-0.15, -0.1) is 0 Å². The maximum atomic E-state index is 12.1. The molecule has 0 saturated carbocycles. The first-order valence-electron chi connectivity index (χ1n) is 5.49. The Morgan fingerprint density at radius 1 is 1.50 bits per heavy atom. The van der Waals surface area contributed by atoms with Crippen molar-refractivity contribution in [2.45, 2.75) is 13.0 Å². The molecule has 18 heavy (non-hydrogen) atoms. The van der Waals surface area contributed by atoms with E-state index < -0.39 is 6.04 Å². The van der Waals surface area contributed by atoms with Gasteiger partial charge >= 0.3 is 0 Å². The lowest BCUT2D eigenvalue weighted by atomic mass is 10.2. The summed E-state index contributed by atoms with van der Waals surface area (Å²) in [4.78, 5) is 12.1. The van der Waals surface area contributed by atoms with Crippen LogP contribution in [0.25, 0.3) is 10.9 Å². The molecule has 5 heteroatoms. The number of fused-ring (bicyclic) bond motifs is 1. The van der Waals surface area contributed by atoms with Crippen molar-refractivity contribution >= 4 is 28.4 Å². The minimum absolute atomic E-state index is 0.340. The second kappa shape index (κ2) is 4.71. The van der Waals surface area contributed by atoms with Crippen LogP contribution in [0, 0.1) is 11.3 Å². The molecular formula is C13H12ClN3O. The van der Waals surface area contributed by atoms with E-state index in [9.17, 15) is 4.79 Å². The SMILES string of the molecule is CC(C#N)NC(=O)c1c(Cl)c2ccccc2n1C. The summed E-state index contributed by atoms with van der Waals surface area (Å²) in [5.74, 6) is -0.340. The second-order valence-electron chi connectivity index (χ2n) is 4.06. The van der Waals surface area contributed by atoms with Crippen molar-refractivity contribution in [3.63, 3.8) is 0 Å². The second-order valence-corrected chi connectivity index (χ2v) is 4.44. The lowest BCUT2D eigenvalue weighted by Crippen LogP contribution is -2.32. The lowest BCUT2D eigenvalue weighted by molar-refractivity contribution is 0.0940. The van der Waals surface area contributed by atoms with Gasteiger partial charge < -0.3 is 9.88 Å². The molecule has 92 valence electrons. The van der Waals surface area contributed by atoms with Crippen molar-refractivity contribution in [1.29, 1.82) is 5.26 Å². The maximum Gasteiger partial charge on any atom is 0.270 e. The van der Waals surface area contributed by atoms with E-state index in [1.165, 1.54) is 0 Å². The summed E-state index contributed by atoms with van der Waals surface area (Å²) in [7, 11) is 1.78. The highest BCUT2D eigenvalue weighted by molar-refractivity contribution is 6.38. The molecule has 0 bridgehead atoms. The van der Waals surface area contributed by atoms with Gasteiger partial charge in [-0.2, -0.15) is 5.26 Å². The summed E-state index contributed by atoms with van der Waals surface area (Å²) in [6.07, 6.45) is 0. The molecule has 4 nitrogen and oxygen atoms in total. The Morgan fingerprint density at radius 2 is 2.17 bits per heavy atom. The average molecular weight is 262 g/mol. The molecule has 1 N–H and O–H groups in total. The number of nitrogens with zero attached hydrogens (tertiary/aromatic N) is 2. The number of hydrogen-bond donors (Lipinski definition) is 1. The number of benzene rings is 1. The topological polar surface area (TPSA) is 57.8 Å². The molecule has 0 aliphatic carbocycles. The first-order valence-corrected chi connectivity index (χ1v) is 5.87. The number of hydrogen-bond acceptors (Lipinski definition) is 2. The fourth-order valence-corrected chi connectivity index (χ4v) is 2.27. The highest BCUT2D eigenvalue weighted by atomic mass is 35.5. The van der Waals surface area contributed by atoms with Crippen LogP contribution in [0.3, 0.4) is 0 Å². The standard InChI is InChI=1S/C13H12ClN3O/c1-8(7-15)16-13(18)12-11(14)9-5-3-4-6-10(9)17(12)2/h3-6,8H,1-2H3,(H,16,18). The van der Waals surface area contributed by atoms with Gasteiger partial charge in [0, 0.05) is 18.0 Å². The zero-order valence-corrected chi connectivity index (χ0v) is 10.8. The molecule has 1 aromatic carbocycles. The number of carbonyl (C=O) groups is 1. The molecule has 0 aliphatic heterocycles. The van der Waals surface area contributed by atoms with Crippen molar-refractivity contribution in [3.05, 3.63) is 35.0 Å². The number of aromatic nitrogens is 1. The fourth-order valence-electron chi connectivity index (χ4n) is 1.90. The van der Waals surface area contributed by atoms with Crippen LogP contribution in [0.1, 0.15) is 17.4 Å². The normalized spacial score (nSPS) is 12.1. The molecule has 0 aliphatic rings. The summed E-state index contributed by atoms with van der Waals surface area (Å²) in [6, 6.07) is 8.92. The third-order valence-corrected chi connectivity index (χ3v) is 3.18. The first kappa shape index (κ1) is 12.5. The van der Waals surface area contributed by atoms with E-state index in [-0.39, 0.29) is 5.91 Å². The van der Waals surface area contributed by atoms with Gasteiger partial charge in [-0.25, -0.2) is 0 Å². The third-order valence-electron chi connectivity index (χ3n) is 2.80. The molecule has 2 aromatic rings. The molecular weight excluding hydrogens is 250 g/mol. The number of nitrogens with one attached hydrogen (secondary N) is 1. The largest absolute Gasteiger partial charge is 0.338 e. The quantitative estimate of drug-likeness (QED) is 0.903. The number of amides is 1. The van der Waals surface area contributed by atoms with Crippen LogP contribution in [-0.2, 0) is 7.05 Å². The van der Waals surface area contributed by atoms with Crippen LogP contribution in [0.5, 0.6) is 0 Å². The van der Waals surface area contributed by atoms with E-state index in [1.54, 1.807) is 18.5 Å². The Bertz CT molecular complexity index is 615. The van der Waals surface area contributed by atoms with E-state index in [2.05, 4.69) is 5.32 Å². The summed E-state index contributed by atoms with van der Waals surface area (Å²) in [5, 5.41) is 12.5. The predicted molar refractivity (Wildman–Crippen MR) is 70.5 cm³/mol. The van der Waals surface area contributed by atoms with E-state index >= 15 is 0 Å². The van der Waals surface area contributed by atoms with Gasteiger partial charge in [0.25, 0.3) is 5.91 Å². The van der Waals surface area contributed by atoms with Crippen LogP contribution in [0.15, 0.2) is 24.3 Å². The molecule has 1 unspecified atom stereocenters. The minimum Gasteiger partial charge on any atom is -0.338 e. The van der Waals surface area contributed by atoms with Gasteiger partial charge in [-0.05, 0) is 13.0 Å². The summed E-state index contributed by atoms with van der Waals surface area (Å²) in [5.41, 5.74) is 1.26. The van der Waals surface area contributed by atoms with Crippen LogP contribution < -0.4 is 5.32 Å². The highest BCUT2D eigenvalue weighted by Gasteiger charge is 2.20. The molecule has 1 heterocycles. The van der Waals surface area contributed by atoms with Gasteiger partial charge in [0.1, 0.15) is 11.7 Å². The monoisotopic (exact) mass is 261 g/mol. The number of para-hydroxylation sites is 1. The van der Waals surface area contributed by atoms with Crippen LogP contribution in [0.4, 0.5) is 0 Å². The predicted octanol–water partition coefficient (Wildman–Crippen LogP) is 2.47. The summed E-state index contributed by atoms with van der Waals surface area (Å²) in [6.45, 7) is 1.62. The maximum absolute atomic E-state index is 12.1. The van der Waals surface area contributed by atoms with Crippen molar-refractivity contribution in [2.24, 2.45) is 7.05 Å². The highest BCUT2D eigenvalue weighted by Crippen LogP contribution is 2.29. The van der Waals surface area contributed by atoms with Crippen molar-refractivity contribution in [1.82, 2.24) is 9.88 Å². The number of aryl methyl sites for hydroxylation is 1. The zero-order valence-electron chi connectivity index (χ0n) is 10.1. The number of carbonyl (C=O) groups excluding carboxylic acids is 1. The van der Waals surface area contributed by atoms with E-state index in [0.29, 0.717) is 10.7 Å². The molecule has 1 atom stereocenters. The minimum atomic E-state index is -0.549. The lowest BCUT2D eigenvalue weighted by Gasteiger charge is -2.08. The third kappa shape index (κ3) is 1.93.